The smallest absolute Gasteiger partial charge is 0.151 e. The fourth-order valence-corrected chi connectivity index (χ4v) is 2.61. The third-order valence-electron chi connectivity index (χ3n) is 2.56. The minimum absolute atomic E-state index is 0.933. The molecule has 0 N–H and O–H groups in total. The standard InChI is InChI=1S/C13H8Br2N2/c14-10-4-1-3-9(7-10)12-8-17-6-2-5-11(15)13(17)16-12/h1-8H. The fourth-order valence-electron chi connectivity index (χ4n) is 1.77. The third kappa shape index (κ3) is 2.03. The Balaban J connectivity index is 2.22. The molecule has 0 bridgehead atoms. The number of fused-ring (bicyclic) bond motifs is 1. The molecule has 3 aromatic rings. The van der Waals surface area contributed by atoms with Crippen molar-refractivity contribution in [1.29, 1.82) is 0 Å². The summed E-state index contributed by atoms with van der Waals surface area (Å²) in [5, 5.41) is 0. The molecule has 0 aliphatic heterocycles. The molecule has 0 atom stereocenters. The van der Waals surface area contributed by atoms with E-state index in [0.717, 1.165) is 25.8 Å². The Labute approximate surface area is 116 Å². The number of hydrogen-bond donors (Lipinski definition) is 0. The van der Waals surface area contributed by atoms with Gasteiger partial charge >= 0.3 is 0 Å². The van der Waals surface area contributed by atoms with Crippen molar-refractivity contribution in [1.82, 2.24) is 9.38 Å². The van der Waals surface area contributed by atoms with Gasteiger partial charge in [0.1, 0.15) is 0 Å². The average Bonchev–Trinajstić information content (AvgIpc) is 2.74. The predicted octanol–water partition coefficient (Wildman–Crippen LogP) is 4.53. The first-order valence-electron chi connectivity index (χ1n) is 5.13. The van der Waals surface area contributed by atoms with Crippen LogP contribution in [-0.4, -0.2) is 9.38 Å². The molecule has 0 spiro atoms. The molecular formula is C13H8Br2N2. The monoisotopic (exact) mass is 350 g/mol. The minimum Gasteiger partial charge on any atom is -0.306 e. The van der Waals surface area contributed by atoms with E-state index in [9.17, 15) is 0 Å². The Morgan fingerprint density at radius 2 is 1.94 bits per heavy atom. The van der Waals surface area contributed by atoms with Gasteiger partial charge in [-0.3, -0.25) is 0 Å². The van der Waals surface area contributed by atoms with Gasteiger partial charge in [-0.05, 0) is 40.2 Å². The van der Waals surface area contributed by atoms with Crippen molar-refractivity contribution in [2.45, 2.75) is 0 Å². The van der Waals surface area contributed by atoms with Crippen LogP contribution in [0.1, 0.15) is 0 Å². The lowest BCUT2D eigenvalue weighted by Gasteiger charge is -1.95. The maximum absolute atomic E-state index is 4.62. The molecule has 4 heteroatoms. The first-order valence-corrected chi connectivity index (χ1v) is 6.72. The maximum atomic E-state index is 4.62. The zero-order chi connectivity index (χ0) is 11.8. The van der Waals surface area contributed by atoms with Crippen LogP contribution in [0.2, 0.25) is 0 Å². The Morgan fingerprint density at radius 3 is 2.71 bits per heavy atom. The molecule has 84 valence electrons. The molecule has 3 rings (SSSR count). The highest BCUT2D eigenvalue weighted by molar-refractivity contribution is 9.10. The summed E-state index contributed by atoms with van der Waals surface area (Å²) in [4.78, 5) is 4.62. The van der Waals surface area contributed by atoms with Crippen molar-refractivity contribution >= 4 is 37.5 Å². The quantitative estimate of drug-likeness (QED) is 0.629. The molecular weight excluding hydrogens is 344 g/mol. The predicted molar refractivity (Wildman–Crippen MR) is 76.0 cm³/mol. The summed E-state index contributed by atoms with van der Waals surface area (Å²) < 4.78 is 4.08. The minimum atomic E-state index is 0.933. The van der Waals surface area contributed by atoms with E-state index < -0.39 is 0 Å². The van der Waals surface area contributed by atoms with Gasteiger partial charge in [-0.1, -0.05) is 28.1 Å². The third-order valence-corrected chi connectivity index (χ3v) is 3.67. The molecule has 17 heavy (non-hydrogen) atoms. The largest absolute Gasteiger partial charge is 0.306 e. The summed E-state index contributed by atoms with van der Waals surface area (Å²) in [6, 6.07) is 12.1. The number of pyridine rings is 1. The molecule has 0 aliphatic rings. The van der Waals surface area contributed by atoms with Crippen molar-refractivity contribution < 1.29 is 0 Å². The second-order valence-corrected chi connectivity index (χ2v) is 5.49. The van der Waals surface area contributed by atoms with Crippen molar-refractivity contribution in [2.24, 2.45) is 0 Å². The van der Waals surface area contributed by atoms with E-state index in [1.807, 2.05) is 41.1 Å². The Morgan fingerprint density at radius 1 is 1.06 bits per heavy atom. The number of rotatable bonds is 1. The summed E-state index contributed by atoms with van der Waals surface area (Å²) in [6.45, 7) is 0. The van der Waals surface area contributed by atoms with Gasteiger partial charge in [0.05, 0.1) is 10.2 Å². The maximum Gasteiger partial charge on any atom is 0.151 e. The van der Waals surface area contributed by atoms with Crippen LogP contribution in [0.25, 0.3) is 16.9 Å². The zero-order valence-corrected chi connectivity index (χ0v) is 11.9. The van der Waals surface area contributed by atoms with E-state index in [1.54, 1.807) is 0 Å². The van der Waals surface area contributed by atoms with E-state index in [0.29, 0.717) is 0 Å². The highest BCUT2D eigenvalue weighted by Crippen LogP contribution is 2.25. The fraction of sp³-hybridized carbons (Fsp3) is 0. The Bertz CT molecular complexity index is 689. The average molecular weight is 352 g/mol. The van der Waals surface area contributed by atoms with Crippen LogP contribution in [0.3, 0.4) is 0 Å². The van der Waals surface area contributed by atoms with Gasteiger partial charge in [-0.25, -0.2) is 4.98 Å². The first kappa shape index (κ1) is 11.0. The van der Waals surface area contributed by atoms with Crippen LogP contribution < -0.4 is 0 Å². The summed E-state index contributed by atoms with van der Waals surface area (Å²) in [6.07, 6.45) is 4.02. The molecule has 0 fully saturated rings. The highest BCUT2D eigenvalue weighted by atomic mass is 79.9. The number of nitrogens with zero attached hydrogens (tertiary/aromatic N) is 2. The number of imidazole rings is 1. The molecule has 2 heterocycles. The van der Waals surface area contributed by atoms with Crippen LogP contribution in [0, 0.1) is 0 Å². The van der Waals surface area contributed by atoms with Crippen molar-refractivity contribution in [3.63, 3.8) is 0 Å². The first-order chi connectivity index (χ1) is 8.24. The summed E-state index contributed by atoms with van der Waals surface area (Å²) in [5.41, 5.74) is 3.01. The Kier molecular flexibility index (Phi) is 2.76. The second kappa shape index (κ2) is 4.27. The molecule has 0 radical (unpaired) electrons. The topological polar surface area (TPSA) is 17.3 Å². The van der Waals surface area contributed by atoms with Crippen LogP contribution in [-0.2, 0) is 0 Å². The SMILES string of the molecule is Brc1cccc(-c2cn3cccc(Br)c3n2)c1. The Hall–Kier alpha value is -1.13. The van der Waals surface area contributed by atoms with Crippen LogP contribution >= 0.6 is 31.9 Å². The van der Waals surface area contributed by atoms with E-state index in [-0.39, 0.29) is 0 Å². The van der Waals surface area contributed by atoms with E-state index >= 15 is 0 Å². The van der Waals surface area contributed by atoms with Gasteiger partial charge in [0.25, 0.3) is 0 Å². The number of benzene rings is 1. The van der Waals surface area contributed by atoms with E-state index in [4.69, 9.17) is 0 Å². The number of hydrogen-bond acceptors (Lipinski definition) is 1. The molecule has 0 aliphatic carbocycles. The molecule has 2 aromatic heterocycles. The van der Waals surface area contributed by atoms with Crippen molar-refractivity contribution in [3.8, 4) is 11.3 Å². The van der Waals surface area contributed by atoms with Gasteiger partial charge < -0.3 is 4.40 Å². The summed E-state index contributed by atoms with van der Waals surface area (Å²) >= 11 is 6.98. The lowest BCUT2D eigenvalue weighted by atomic mass is 10.2. The number of halogens is 2. The van der Waals surface area contributed by atoms with Gasteiger partial charge in [0, 0.05) is 22.4 Å². The molecule has 0 unspecified atom stereocenters. The highest BCUT2D eigenvalue weighted by Gasteiger charge is 2.06. The van der Waals surface area contributed by atoms with Crippen molar-refractivity contribution in [3.05, 3.63) is 57.7 Å². The van der Waals surface area contributed by atoms with E-state index in [2.05, 4.69) is 49.0 Å². The van der Waals surface area contributed by atoms with Crippen LogP contribution in [0.4, 0.5) is 0 Å². The zero-order valence-electron chi connectivity index (χ0n) is 8.77. The van der Waals surface area contributed by atoms with Gasteiger partial charge in [-0.2, -0.15) is 0 Å². The van der Waals surface area contributed by atoms with Crippen LogP contribution in [0.5, 0.6) is 0 Å². The molecule has 0 amide bonds. The van der Waals surface area contributed by atoms with E-state index in [1.165, 1.54) is 0 Å². The number of aromatic nitrogens is 2. The van der Waals surface area contributed by atoms with Gasteiger partial charge in [-0.15, -0.1) is 0 Å². The van der Waals surface area contributed by atoms with Crippen LogP contribution in [0.15, 0.2) is 57.7 Å². The molecule has 0 saturated carbocycles. The summed E-state index contributed by atoms with van der Waals surface area (Å²) in [7, 11) is 0. The normalized spacial score (nSPS) is 10.9. The van der Waals surface area contributed by atoms with Crippen molar-refractivity contribution in [2.75, 3.05) is 0 Å². The lowest BCUT2D eigenvalue weighted by molar-refractivity contribution is 1.18. The lowest BCUT2D eigenvalue weighted by Crippen LogP contribution is -1.80. The second-order valence-electron chi connectivity index (χ2n) is 3.72. The molecule has 0 saturated heterocycles. The molecule has 2 nitrogen and oxygen atoms in total. The molecule has 1 aromatic carbocycles. The van der Waals surface area contributed by atoms with Gasteiger partial charge in [0.2, 0.25) is 0 Å². The summed E-state index contributed by atoms with van der Waals surface area (Å²) in [5.74, 6) is 0. The van der Waals surface area contributed by atoms with Gasteiger partial charge in [0.15, 0.2) is 5.65 Å².